The van der Waals surface area contributed by atoms with Crippen molar-refractivity contribution in [3.63, 3.8) is 0 Å². The first kappa shape index (κ1) is 10.8. The van der Waals surface area contributed by atoms with Crippen LogP contribution in [-0.2, 0) is 17.6 Å². The van der Waals surface area contributed by atoms with Crippen molar-refractivity contribution in [2.24, 2.45) is 11.3 Å². The Morgan fingerprint density at radius 3 is 2.65 bits per heavy atom. The zero-order valence-corrected chi connectivity index (χ0v) is 10.4. The molecule has 2 nitrogen and oxygen atoms in total. The Morgan fingerprint density at radius 2 is 2.00 bits per heavy atom. The molecule has 0 saturated heterocycles. The molecule has 2 atom stereocenters. The Bertz CT molecular complexity index is 488. The van der Waals surface area contributed by atoms with Crippen LogP contribution in [0.1, 0.15) is 42.9 Å². The molecule has 1 saturated carbocycles. The topological polar surface area (TPSA) is 37.3 Å². The van der Waals surface area contributed by atoms with Gasteiger partial charge in [0, 0.05) is 5.92 Å². The van der Waals surface area contributed by atoms with Crippen LogP contribution in [0.15, 0.2) is 18.2 Å². The molecular weight excluding hydrogens is 212 g/mol. The van der Waals surface area contributed by atoms with Gasteiger partial charge in [0.05, 0.1) is 5.92 Å². The lowest BCUT2D eigenvalue weighted by atomic mass is 9.99. The third-order valence-electron chi connectivity index (χ3n) is 4.58. The number of carboxylic acids is 1. The highest BCUT2D eigenvalue weighted by molar-refractivity contribution is 5.77. The van der Waals surface area contributed by atoms with Gasteiger partial charge in [-0.1, -0.05) is 32.0 Å². The molecule has 0 heterocycles. The van der Waals surface area contributed by atoms with E-state index in [-0.39, 0.29) is 17.3 Å². The van der Waals surface area contributed by atoms with Crippen LogP contribution in [0.2, 0.25) is 0 Å². The highest BCUT2D eigenvalue weighted by Crippen LogP contribution is 2.64. The number of hydrogen-bond donors (Lipinski definition) is 1. The molecule has 0 spiro atoms. The van der Waals surface area contributed by atoms with Gasteiger partial charge in [-0.25, -0.2) is 0 Å². The van der Waals surface area contributed by atoms with Crippen molar-refractivity contribution < 1.29 is 9.90 Å². The molecule has 2 heteroatoms. The fraction of sp³-hybridized carbons (Fsp3) is 0.533. The average molecular weight is 230 g/mol. The minimum atomic E-state index is -0.652. The zero-order valence-electron chi connectivity index (χ0n) is 10.4. The molecule has 17 heavy (non-hydrogen) atoms. The van der Waals surface area contributed by atoms with Crippen molar-refractivity contribution in [1.82, 2.24) is 0 Å². The number of aryl methyl sites for hydroxylation is 2. The van der Waals surface area contributed by atoms with Crippen LogP contribution in [-0.4, -0.2) is 11.1 Å². The van der Waals surface area contributed by atoms with Crippen LogP contribution in [0.25, 0.3) is 0 Å². The van der Waals surface area contributed by atoms with Crippen molar-refractivity contribution in [2.45, 2.75) is 39.0 Å². The zero-order chi connectivity index (χ0) is 12.2. The lowest BCUT2D eigenvalue weighted by Crippen LogP contribution is -2.03. The number of fused-ring (bicyclic) bond motifs is 1. The summed E-state index contributed by atoms with van der Waals surface area (Å²) in [5.74, 6) is -0.659. The Hall–Kier alpha value is -1.31. The Morgan fingerprint density at radius 1 is 1.29 bits per heavy atom. The van der Waals surface area contributed by atoms with Gasteiger partial charge >= 0.3 is 5.97 Å². The van der Waals surface area contributed by atoms with Gasteiger partial charge in [-0.2, -0.15) is 0 Å². The monoisotopic (exact) mass is 230 g/mol. The maximum Gasteiger partial charge on any atom is 0.307 e. The molecule has 1 N–H and O–H groups in total. The van der Waals surface area contributed by atoms with E-state index in [1.807, 2.05) is 0 Å². The van der Waals surface area contributed by atoms with Gasteiger partial charge < -0.3 is 5.11 Å². The van der Waals surface area contributed by atoms with Crippen molar-refractivity contribution in [1.29, 1.82) is 0 Å². The highest BCUT2D eigenvalue weighted by Gasteiger charge is 2.62. The molecule has 2 aliphatic carbocycles. The molecule has 1 fully saturated rings. The first-order valence-electron chi connectivity index (χ1n) is 6.36. The lowest BCUT2D eigenvalue weighted by molar-refractivity contribution is -0.139. The number of aliphatic carboxylic acids is 1. The summed E-state index contributed by atoms with van der Waals surface area (Å²) < 4.78 is 0. The predicted molar refractivity (Wildman–Crippen MR) is 66.1 cm³/mol. The first-order valence-corrected chi connectivity index (χ1v) is 6.36. The second-order valence-electron chi connectivity index (χ2n) is 6.00. The molecule has 2 unspecified atom stereocenters. The average Bonchev–Trinajstić information content (AvgIpc) is 2.66. The minimum absolute atomic E-state index is 0.0846. The summed E-state index contributed by atoms with van der Waals surface area (Å²) in [6.45, 7) is 4.12. The fourth-order valence-electron chi connectivity index (χ4n) is 3.51. The summed E-state index contributed by atoms with van der Waals surface area (Å²) in [6, 6.07) is 6.59. The molecule has 1 aromatic rings. The Balaban J connectivity index is 1.94. The third-order valence-corrected chi connectivity index (χ3v) is 4.58. The van der Waals surface area contributed by atoms with E-state index in [1.165, 1.54) is 29.5 Å². The van der Waals surface area contributed by atoms with E-state index in [4.69, 9.17) is 0 Å². The van der Waals surface area contributed by atoms with Crippen molar-refractivity contribution in [2.75, 3.05) is 0 Å². The first-order chi connectivity index (χ1) is 8.01. The summed E-state index contributed by atoms with van der Waals surface area (Å²) in [6.07, 6.45) is 3.59. The molecule has 3 rings (SSSR count). The summed E-state index contributed by atoms with van der Waals surface area (Å²) in [5.41, 5.74) is 4.04. The van der Waals surface area contributed by atoms with Crippen molar-refractivity contribution >= 4 is 5.97 Å². The van der Waals surface area contributed by atoms with E-state index in [1.54, 1.807) is 0 Å². The normalized spacial score (nSPS) is 28.8. The summed E-state index contributed by atoms with van der Waals surface area (Å²) >= 11 is 0. The molecule has 0 bridgehead atoms. The van der Waals surface area contributed by atoms with E-state index in [0.717, 1.165) is 6.42 Å². The minimum Gasteiger partial charge on any atom is -0.481 e. The van der Waals surface area contributed by atoms with E-state index >= 15 is 0 Å². The van der Waals surface area contributed by atoms with Crippen LogP contribution < -0.4 is 0 Å². The molecule has 0 aliphatic heterocycles. The molecule has 2 aliphatic rings. The molecule has 0 radical (unpaired) electrons. The van der Waals surface area contributed by atoms with Crippen LogP contribution in [0.5, 0.6) is 0 Å². The summed E-state index contributed by atoms with van der Waals surface area (Å²) in [4.78, 5) is 11.2. The van der Waals surface area contributed by atoms with Crippen LogP contribution in [0.4, 0.5) is 0 Å². The fourth-order valence-corrected chi connectivity index (χ4v) is 3.51. The molecule has 1 aromatic carbocycles. The SMILES string of the molecule is CC1(C)C(C(=O)O)C1c1ccc2c(c1)CCC2. The van der Waals surface area contributed by atoms with Gasteiger partial charge in [0.1, 0.15) is 0 Å². The second-order valence-corrected chi connectivity index (χ2v) is 6.00. The molecule has 0 amide bonds. The third kappa shape index (κ3) is 1.50. The molecule has 0 aromatic heterocycles. The standard InChI is InChI=1S/C15H18O2/c1-15(2)12(13(15)14(16)17)11-7-6-9-4-3-5-10(9)8-11/h6-8,12-13H,3-5H2,1-2H3,(H,16,17). The number of benzene rings is 1. The van der Waals surface area contributed by atoms with Gasteiger partial charge in [-0.05, 0) is 41.4 Å². The van der Waals surface area contributed by atoms with Crippen LogP contribution >= 0.6 is 0 Å². The quantitative estimate of drug-likeness (QED) is 0.848. The van der Waals surface area contributed by atoms with Crippen LogP contribution in [0, 0.1) is 11.3 Å². The van der Waals surface area contributed by atoms with E-state index in [9.17, 15) is 9.90 Å². The Labute approximate surface area is 102 Å². The van der Waals surface area contributed by atoms with Gasteiger partial charge in [0.2, 0.25) is 0 Å². The number of carboxylic acid groups (broad SMARTS) is 1. The molecule has 90 valence electrons. The smallest absolute Gasteiger partial charge is 0.307 e. The van der Waals surface area contributed by atoms with Gasteiger partial charge in [-0.15, -0.1) is 0 Å². The largest absolute Gasteiger partial charge is 0.481 e. The van der Waals surface area contributed by atoms with Gasteiger partial charge in [0.15, 0.2) is 0 Å². The molecular formula is C15H18O2. The predicted octanol–water partition coefficient (Wildman–Crippen LogP) is 3.00. The van der Waals surface area contributed by atoms with Gasteiger partial charge in [0.25, 0.3) is 0 Å². The van der Waals surface area contributed by atoms with E-state index < -0.39 is 5.97 Å². The summed E-state index contributed by atoms with van der Waals surface area (Å²) in [5, 5.41) is 9.21. The Kier molecular flexibility index (Phi) is 2.13. The second kappa shape index (κ2) is 3.34. The number of carbonyl (C=O) groups is 1. The van der Waals surface area contributed by atoms with Crippen molar-refractivity contribution in [3.05, 3.63) is 34.9 Å². The lowest BCUT2D eigenvalue weighted by Gasteiger charge is -2.06. The maximum absolute atomic E-state index is 11.2. The number of hydrogen-bond acceptors (Lipinski definition) is 1. The summed E-state index contributed by atoms with van der Waals surface area (Å²) in [7, 11) is 0. The highest BCUT2D eigenvalue weighted by atomic mass is 16.4. The van der Waals surface area contributed by atoms with Gasteiger partial charge in [-0.3, -0.25) is 4.79 Å². The van der Waals surface area contributed by atoms with Crippen molar-refractivity contribution in [3.8, 4) is 0 Å². The number of rotatable bonds is 2. The van der Waals surface area contributed by atoms with E-state index in [2.05, 4.69) is 32.0 Å². The maximum atomic E-state index is 11.2. The van der Waals surface area contributed by atoms with Crippen LogP contribution in [0.3, 0.4) is 0 Å². The van der Waals surface area contributed by atoms with E-state index in [0.29, 0.717) is 0 Å².